The summed E-state index contributed by atoms with van der Waals surface area (Å²) in [4.78, 5) is 0. The fourth-order valence-corrected chi connectivity index (χ4v) is 1.10. The summed E-state index contributed by atoms with van der Waals surface area (Å²) in [5.41, 5.74) is 1.25. The molecule has 1 aliphatic heterocycles. The highest BCUT2D eigenvalue weighted by Gasteiger charge is 2.38. The minimum absolute atomic E-state index is 0.0458. The molecule has 0 spiro atoms. The van der Waals surface area contributed by atoms with Crippen LogP contribution >= 0.6 is 0 Å². The Kier molecular flexibility index (Phi) is 1.87. The quantitative estimate of drug-likeness (QED) is 0.683. The van der Waals surface area contributed by atoms with Crippen LogP contribution in [0.15, 0.2) is 30.3 Å². The van der Waals surface area contributed by atoms with Crippen molar-refractivity contribution in [2.24, 2.45) is 0 Å². The van der Waals surface area contributed by atoms with Crippen LogP contribution < -0.4 is 5.32 Å². The topological polar surface area (TPSA) is 24.6 Å². The molecule has 1 heterocycles. The summed E-state index contributed by atoms with van der Waals surface area (Å²) in [5.74, 6) is 0. The van der Waals surface area contributed by atoms with Crippen molar-refractivity contribution in [3.05, 3.63) is 35.9 Å². The molecule has 0 amide bonds. The Labute approximate surface area is 72.5 Å². The van der Waals surface area contributed by atoms with Crippen LogP contribution in [0.3, 0.4) is 0 Å². The van der Waals surface area contributed by atoms with Crippen molar-refractivity contribution >= 4 is 0 Å². The highest BCUT2D eigenvalue weighted by atomic mass is 16.6. The second-order valence-corrected chi connectivity index (χ2v) is 3.36. The van der Waals surface area contributed by atoms with Gasteiger partial charge in [0.05, 0.1) is 6.61 Å². The molecule has 2 rings (SSSR count). The Morgan fingerprint density at radius 1 is 1.42 bits per heavy atom. The maximum absolute atomic E-state index is 5.21. The molecule has 2 heteroatoms. The zero-order valence-electron chi connectivity index (χ0n) is 7.21. The SMILES string of the molecule is CC1(NCc2ccccc2)CO1. The van der Waals surface area contributed by atoms with Crippen LogP contribution in [0.25, 0.3) is 0 Å². The van der Waals surface area contributed by atoms with Crippen molar-refractivity contribution in [1.29, 1.82) is 0 Å². The molecule has 0 radical (unpaired) electrons. The Bertz CT molecular complexity index is 254. The summed E-state index contributed by atoms with van der Waals surface area (Å²) in [6, 6.07) is 10.3. The van der Waals surface area contributed by atoms with Crippen LogP contribution in [0.4, 0.5) is 0 Å². The smallest absolute Gasteiger partial charge is 0.140 e. The van der Waals surface area contributed by atoms with E-state index < -0.39 is 0 Å². The molecule has 1 unspecified atom stereocenters. The van der Waals surface area contributed by atoms with E-state index in [4.69, 9.17) is 4.74 Å². The predicted octanol–water partition coefficient (Wildman–Crippen LogP) is 1.52. The molecule has 0 aromatic heterocycles. The third-order valence-electron chi connectivity index (χ3n) is 2.09. The van der Waals surface area contributed by atoms with Crippen molar-refractivity contribution in [2.75, 3.05) is 6.61 Å². The molecule has 1 fully saturated rings. The molecule has 1 aromatic carbocycles. The van der Waals surface area contributed by atoms with Crippen LogP contribution in [-0.4, -0.2) is 12.3 Å². The van der Waals surface area contributed by atoms with Gasteiger partial charge in [0.25, 0.3) is 0 Å². The number of benzene rings is 1. The van der Waals surface area contributed by atoms with Gasteiger partial charge >= 0.3 is 0 Å². The van der Waals surface area contributed by atoms with Gasteiger partial charge in [0.1, 0.15) is 5.72 Å². The summed E-state index contributed by atoms with van der Waals surface area (Å²) in [5, 5.41) is 3.33. The lowest BCUT2D eigenvalue weighted by Crippen LogP contribution is -2.28. The van der Waals surface area contributed by atoms with Gasteiger partial charge in [-0.1, -0.05) is 30.3 Å². The van der Waals surface area contributed by atoms with Crippen molar-refractivity contribution in [2.45, 2.75) is 19.2 Å². The van der Waals surface area contributed by atoms with E-state index in [0.29, 0.717) is 0 Å². The molecule has 1 saturated heterocycles. The number of nitrogens with one attached hydrogen (secondary N) is 1. The van der Waals surface area contributed by atoms with Crippen LogP contribution in [0, 0.1) is 0 Å². The third kappa shape index (κ3) is 1.84. The lowest BCUT2D eigenvalue weighted by Gasteiger charge is -2.07. The van der Waals surface area contributed by atoms with E-state index in [0.717, 1.165) is 13.2 Å². The van der Waals surface area contributed by atoms with Crippen molar-refractivity contribution in [3.8, 4) is 0 Å². The Hall–Kier alpha value is -0.860. The molecule has 0 aliphatic carbocycles. The third-order valence-corrected chi connectivity index (χ3v) is 2.09. The summed E-state index contributed by atoms with van der Waals surface area (Å²) in [6.45, 7) is 3.78. The maximum Gasteiger partial charge on any atom is 0.140 e. The number of hydrogen-bond acceptors (Lipinski definition) is 2. The van der Waals surface area contributed by atoms with Crippen molar-refractivity contribution in [3.63, 3.8) is 0 Å². The van der Waals surface area contributed by atoms with E-state index in [-0.39, 0.29) is 5.72 Å². The molecular weight excluding hydrogens is 150 g/mol. The standard InChI is InChI=1S/C10H13NO/c1-10(8-12-10)11-7-9-5-3-2-4-6-9/h2-6,11H,7-8H2,1H3. The molecule has 64 valence electrons. The van der Waals surface area contributed by atoms with Crippen LogP contribution in [0.5, 0.6) is 0 Å². The lowest BCUT2D eigenvalue weighted by molar-refractivity contribution is 0.274. The van der Waals surface area contributed by atoms with E-state index in [1.165, 1.54) is 5.56 Å². The summed E-state index contributed by atoms with van der Waals surface area (Å²) < 4.78 is 5.21. The number of ether oxygens (including phenoxy) is 1. The monoisotopic (exact) mass is 163 g/mol. The van der Waals surface area contributed by atoms with Crippen LogP contribution in [0.2, 0.25) is 0 Å². The Balaban J connectivity index is 1.88. The predicted molar refractivity (Wildman–Crippen MR) is 47.6 cm³/mol. The van der Waals surface area contributed by atoms with Crippen molar-refractivity contribution < 1.29 is 4.74 Å². The van der Waals surface area contributed by atoms with E-state index in [9.17, 15) is 0 Å². The Morgan fingerprint density at radius 3 is 2.67 bits per heavy atom. The molecule has 1 aromatic rings. The molecule has 1 N–H and O–H groups in total. The molecule has 12 heavy (non-hydrogen) atoms. The maximum atomic E-state index is 5.21. The fraction of sp³-hybridized carbons (Fsp3) is 0.400. The molecule has 0 saturated carbocycles. The number of hydrogen-bond donors (Lipinski definition) is 1. The van der Waals surface area contributed by atoms with Gasteiger partial charge in [-0.15, -0.1) is 0 Å². The molecular formula is C10H13NO. The van der Waals surface area contributed by atoms with Gasteiger partial charge in [0.15, 0.2) is 0 Å². The minimum atomic E-state index is -0.0458. The largest absolute Gasteiger partial charge is 0.354 e. The summed E-state index contributed by atoms with van der Waals surface area (Å²) >= 11 is 0. The highest BCUT2D eigenvalue weighted by Crippen LogP contribution is 2.22. The normalized spacial score (nSPS) is 27.1. The minimum Gasteiger partial charge on any atom is -0.354 e. The molecule has 0 bridgehead atoms. The number of epoxide rings is 1. The lowest BCUT2D eigenvalue weighted by atomic mass is 10.2. The van der Waals surface area contributed by atoms with Crippen LogP contribution in [-0.2, 0) is 11.3 Å². The average Bonchev–Trinajstić information content (AvgIpc) is 2.84. The zero-order chi connectivity index (χ0) is 8.44. The molecule has 1 atom stereocenters. The first-order chi connectivity index (χ1) is 5.79. The first kappa shape index (κ1) is 7.77. The van der Waals surface area contributed by atoms with Gasteiger partial charge in [0.2, 0.25) is 0 Å². The van der Waals surface area contributed by atoms with E-state index in [2.05, 4.69) is 24.4 Å². The first-order valence-electron chi connectivity index (χ1n) is 4.21. The van der Waals surface area contributed by atoms with E-state index >= 15 is 0 Å². The van der Waals surface area contributed by atoms with Crippen molar-refractivity contribution in [1.82, 2.24) is 5.32 Å². The van der Waals surface area contributed by atoms with Gasteiger partial charge in [0, 0.05) is 6.54 Å². The van der Waals surface area contributed by atoms with Gasteiger partial charge in [-0.25, -0.2) is 0 Å². The summed E-state index contributed by atoms with van der Waals surface area (Å²) in [6.07, 6.45) is 0. The Morgan fingerprint density at radius 2 is 2.08 bits per heavy atom. The average molecular weight is 163 g/mol. The summed E-state index contributed by atoms with van der Waals surface area (Å²) in [7, 11) is 0. The zero-order valence-corrected chi connectivity index (χ0v) is 7.21. The molecule has 2 nitrogen and oxygen atoms in total. The first-order valence-corrected chi connectivity index (χ1v) is 4.21. The van der Waals surface area contributed by atoms with Gasteiger partial charge < -0.3 is 4.74 Å². The fourth-order valence-electron chi connectivity index (χ4n) is 1.10. The van der Waals surface area contributed by atoms with E-state index in [1.54, 1.807) is 0 Å². The molecule has 1 aliphatic rings. The second-order valence-electron chi connectivity index (χ2n) is 3.36. The van der Waals surface area contributed by atoms with Crippen LogP contribution in [0.1, 0.15) is 12.5 Å². The van der Waals surface area contributed by atoms with Gasteiger partial charge in [-0.3, -0.25) is 5.32 Å². The van der Waals surface area contributed by atoms with Gasteiger partial charge in [-0.2, -0.15) is 0 Å². The highest BCUT2D eigenvalue weighted by molar-refractivity contribution is 5.14. The van der Waals surface area contributed by atoms with E-state index in [1.807, 2.05) is 18.2 Å². The second kappa shape index (κ2) is 2.88. The number of rotatable bonds is 3. The van der Waals surface area contributed by atoms with Gasteiger partial charge in [-0.05, 0) is 12.5 Å².